The highest BCUT2D eigenvalue weighted by Crippen LogP contribution is 2.29. The van der Waals surface area contributed by atoms with E-state index in [2.05, 4.69) is 10.2 Å². The summed E-state index contributed by atoms with van der Waals surface area (Å²) < 4.78 is 5.91. The van der Waals surface area contributed by atoms with Crippen molar-refractivity contribution in [3.05, 3.63) is 42.0 Å². The normalized spacial score (nSPS) is 16.0. The zero-order valence-corrected chi connectivity index (χ0v) is 13.8. The second kappa shape index (κ2) is 7.11. The molecule has 0 amide bonds. The first-order valence-corrected chi connectivity index (χ1v) is 8.30. The highest BCUT2D eigenvalue weighted by molar-refractivity contribution is 6.11. The molecule has 2 aromatic rings. The predicted molar refractivity (Wildman–Crippen MR) is 93.4 cm³/mol. The van der Waals surface area contributed by atoms with Gasteiger partial charge in [-0.3, -0.25) is 9.69 Å². The summed E-state index contributed by atoms with van der Waals surface area (Å²) in [4.78, 5) is 15.2. The van der Waals surface area contributed by atoms with Gasteiger partial charge < -0.3 is 10.1 Å². The Kier molecular flexibility index (Phi) is 4.94. The van der Waals surface area contributed by atoms with Crippen LogP contribution in [-0.2, 0) is 0 Å². The molecule has 0 saturated carbocycles. The van der Waals surface area contributed by atoms with E-state index >= 15 is 0 Å². The van der Waals surface area contributed by atoms with Gasteiger partial charge in [-0.15, -0.1) is 0 Å². The smallest absolute Gasteiger partial charge is 0.181 e. The first kappa shape index (κ1) is 16.0. The molecule has 1 fully saturated rings. The molecule has 1 aliphatic rings. The summed E-state index contributed by atoms with van der Waals surface area (Å²) >= 11 is 0. The van der Waals surface area contributed by atoms with Gasteiger partial charge in [0.05, 0.1) is 18.2 Å². The molecule has 4 heteroatoms. The Bertz CT molecular complexity index is 691. The lowest BCUT2D eigenvalue weighted by Gasteiger charge is -2.27. The highest BCUT2D eigenvalue weighted by atomic mass is 16.5. The number of nitrogens with one attached hydrogen (secondary N) is 1. The summed E-state index contributed by atoms with van der Waals surface area (Å²) in [6.07, 6.45) is 0.0434. The van der Waals surface area contributed by atoms with Gasteiger partial charge in [-0.2, -0.15) is 0 Å². The van der Waals surface area contributed by atoms with Gasteiger partial charge in [0, 0.05) is 26.2 Å². The van der Waals surface area contributed by atoms with Crippen LogP contribution in [0.5, 0.6) is 5.75 Å². The lowest BCUT2D eigenvalue weighted by atomic mass is 9.99. The number of ketones is 1. The van der Waals surface area contributed by atoms with E-state index in [0.29, 0.717) is 12.3 Å². The van der Waals surface area contributed by atoms with Crippen molar-refractivity contribution in [2.45, 2.75) is 20.0 Å². The molecular formula is C19H24N2O2. The molecule has 1 aliphatic heterocycles. The average molecular weight is 312 g/mol. The maximum absolute atomic E-state index is 13.0. The Morgan fingerprint density at radius 2 is 1.91 bits per heavy atom. The average Bonchev–Trinajstić information content (AvgIpc) is 2.55. The van der Waals surface area contributed by atoms with E-state index < -0.39 is 0 Å². The molecule has 122 valence electrons. The second-order valence-corrected chi connectivity index (χ2v) is 6.28. The molecule has 0 spiro atoms. The summed E-state index contributed by atoms with van der Waals surface area (Å²) in [6.45, 7) is 8.13. The number of fused-ring (bicyclic) bond motifs is 1. The van der Waals surface area contributed by atoms with Crippen LogP contribution in [0.4, 0.5) is 0 Å². The molecule has 2 aromatic carbocycles. The van der Waals surface area contributed by atoms with Crippen LogP contribution in [0.3, 0.4) is 0 Å². The monoisotopic (exact) mass is 312 g/mol. The first-order valence-electron chi connectivity index (χ1n) is 8.30. The van der Waals surface area contributed by atoms with Crippen LogP contribution in [-0.4, -0.2) is 49.5 Å². The Morgan fingerprint density at radius 3 is 2.65 bits per heavy atom. The predicted octanol–water partition coefficient (Wildman–Crippen LogP) is 2.71. The van der Waals surface area contributed by atoms with Crippen LogP contribution in [0.2, 0.25) is 0 Å². The van der Waals surface area contributed by atoms with Crippen molar-refractivity contribution in [1.82, 2.24) is 10.2 Å². The number of carbonyl (C=O) groups is 1. The third kappa shape index (κ3) is 3.71. The van der Waals surface area contributed by atoms with Gasteiger partial charge in [0.15, 0.2) is 5.78 Å². The molecule has 3 rings (SSSR count). The van der Waals surface area contributed by atoms with Gasteiger partial charge in [-0.25, -0.2) is 0 Å². The summed E-state index contributed by atoms with van der Waals surface area (Å²) in [6, 6.07) is 12.0. The summed E-state index contributed by atoms with van der Waals surface area (Å²) in [5.74, 6) is 0.832. The summed E-state index contributed by atoms with van der Waals surface area (Å²) in [7, 11) is 0. The highest BCUT2D eigenvalue weighted by Gasteiger charge is 2.21. The molecule has 0 bridgehead atoms. The largest absolute Gasteiger partial charge is 0.490 e. The van der Waals surface area contributed by atoms with Crippen LogP contribution < -0.4 is 10.1 Å². The summed E-state index contributed by atoms with van der Waals surface area (Å²) in [5, 5.41) is 5.37. The third-order valence-electron chi connectivity index (χ3n) is 4.11. The van der Waals surface area contributed by atoms with Crippen molar-refractivity contribution in [1.29, 1.82) is 0 Å². The number of piperazine rings is 1. The number of carbonyl (C=O) groups excluding carboxylic acids is 1. The van der Waals surface area contributed by atoms with E-state index in [1.165, 1.54) is 0 Å². The maximum atomic E-state index is 13.0. The van der Waals surface area contributed by atoms with Crippen LogP contribution in [0.1, 0.15) is 24.2 Å². The molecule has 0 aromatic heterocycles. The van der Waals surface area contributed by atoms with E-state index in [1.54, 1.807) is 0 Å². The van der Waals surface area contributed by atoms with Crippen molar-refractivity contribution in [3.63, 3.8) is 0 Å². The fraction of sp³-hybridized carbons (Fsp3) is 0.421. The Balaban J connectivity index is 1.96. The zero-order valence-electron chi connectivity index (χ0n) is 13.8. The van der Waals surface area contributed by atoms with E-state index in [-0.39, 0.29) is 11.9 Å². The van der Waals surface area contributed by atoms with Crippen molar-refractivity contribution in [3.8, 4) is 5.75 Å². The minimum Gasteiger partial charge on any atom is -0.490 e. The number of benzene rings is 2. The Labute approximate surface area is 137 Å². The van der Waals surface area contributed by atoms with Crippen molar-refractivity contribution < 1.29 is 9.53 Å². The fourth-order valence-corrected chi connectivity index (χ4v) is 3.04. The molecule has 1 N–H and O–H groups in total. The van der Waals surface area contributed by atoms with Gasteiger partial charge in [-0.1, -0.05) is 30.3 Å². The lowest BCUT2D eigenvalue weighted by Crippen LogP contribution is -2.45. The molecule has 1 heterocycles. The van der Waals surface area contributed by atoms with Crippen LogP contribution in [0, 0.1) is 0 Å². The third-order valence-corrected chi connectivity index (χ3v) is 4.11. The van der Waals surface area contributed by atoms with E-state index in [0.717, 1.165) is 42.5 Å². The molecule has 4 nitrogen and oxygen atoms in total. The maximum Gasteiger partial charge on any atom is 0.181 e. The summed E-state index contributed by atoms with van der Waals surface area (Å²) in [5.41, 5.74) is 0.718. The number of ether oxygens (including phenoxy) is 1. The second-order valence-electron chi connectivity index (χ2n) is 6.28. The topological polar surface area (TPSA) is 41.6 Å². The molecular weight excluding hydrogens is 288 g/mol. The van der Waals surface area contributed by atoms with Crippen molar-refractivity contribution in [2.24, 2.45) is 0 Å². The van der Waals surface area contributed by atoms with Crippen LogP contribution in [0.15, 0.2) is 36.4 Å². The van der Waals surface area contributed by atoms with Gasteiger partial charge in [0.2, 0.25) is 0 Å². The number of hydrogen-bond donors (Lipinski definition) is 1. The van der Waals surface area contributed by atoms with E-state index in [9.17, 15) is 4.79 Å². The molecule has 0 radical (unpaired) electrons. The Hall–Kier alpha value is -1.91. The fourth-order valence-electron chi connectivity index (χ4n) is 3.04. The van der Waals surface area contributed by atoms with E-state index in [1.807, 2.05) is 50.2 Å². The van der Waals surface area contributed by atoms with Gasteiger partial charge in [0.1, 0.15) is 5.75 Å². The molecule has 0 atom stereocenters. The number of hydrogen-bond acceptors (Lipinski definition) is 4. The van der Waals surface area contributed by atoms with E-state index in [4.69, 9.17) is 4.74 Å². The molecule has 0 aliphatic carbocycles. The number of Topliss-reactive ketones (excluding diaryl/α,β-unsaturated/α-hetero) is 1. The van der Waals surface area contributed by atoms with Crippen molar-refractivity contribution in [2.75, 3.05) is 32.7 Å². The quantitative estimate of drug-likeness (QED) is 0.862. The number of rotatable bonds is 5. The molecule has 1 saturated heterocycles. The minimum absolute atomic E-state index is 0.0434. The van der Waals surface area contributed by atoms with Crippen LogP contribution >= 0.6 is 0 Å². The number of nitrogens with zero attached hydrogens (tertiary/aromatic N) is 1. The SMILES string of the molecule is CC(C)Oc1ccc2ccccc2c1C(=O)CN1CCNCC1. The Morgan fingerprint density at radius 1 is 1.17 bits per heavy atom. The lowest BCUT2D eigenvalue weighted by molar-refractivity contribution is 0.0917. The van der Waals surface area contributed by atoms with Gasteiger partial charge >= 0.3 is 0 Å². The van der Waals surface area contributed by atoms with Crippen molar-refractivity contribution >= 4 is 16.6 Å². The van der Waals surface area contributed by atoms with Crippen LogP contribution in [0.25, 0.3) is 10.8 Å². The zero-order chi connectivity index (χ0) is 16.2. The standard InChI is InChI=1S/C19H24N2O2/c1-14(2)23-18-8-7-15-5-3-4-6-16(15)19(18)17(22)13-21-11-9-20-10-12-21/h3-8,14,20H,9-13H2,1-2H3. The first-order chi connectivity index (χ1) is 11.1. The molecule has 23 heavy (non-hydrogen) atoms. The molecule has 0 unspecified atom stereocenters. The minimum atomic E-state index is 0.0434. The van der Waals surface area contributed by atoms with Gasteiger partial charge in [-0.05, 0) is 30.7 Å². The van der Waals surface area contributed by atoms with Gasteiger partial charge in [0.25, 0.3) is 0 Å².